The molecule has 1 aliphatic rings. The van der Waals surface area contributed by atoms with Crippen molar-refractivity contribution in [3.8, 4) is 0 Å². The van der Waals surface area contributed by atoms with Gasteiger partial charge >= 0.3 is 0 Å². The number of hydrogen-bond donors (Lipinski definition) is 3. The molecule has 1 saturated carbocycles. The van der Waals surface area contributed by atoms with E-state index in [1.54, 1.807) is 0 Å². The van der Waals surface area contributed by atoms with Crippen LogP contribution < -0.4 is 16.4 Å². The van der Waals surface area contributed by atoms with E-state index in [9.17, 15) is 4.79 Å². The summed E-state index contributed by atoms with van der Waals surface area (Å²) in [6.45, 7) is 3.86. The molecule has 1 aromatic carbocycles. The maximum atomic E-state index is 12.1. The molecule has 0 saturated heterocycles. The molecule has 132 valence electrons. The van der Waals surface area contributed by atoms with Crippen molar-refractivity contribution in [2.24, 2.45) is 0 Å². The van der Waals surface area contributed by atoms with E-state index in [-0.39, 0.29) is 22.4 Å². The van der Waals surface area contributed by atoms with Crippen LogP contribution in [0.5, 0.6) is 0 Å². The maximum absolute atomic E-state index is 12.1. The van der Waals surface area contributed by atoms with E-state index >= 15 is 0 Å². The Morgan fingerprint density at radius 2 is 1.92 bits per heavy atom. The number of para-hydroxylation sites is 1. The lowest BCUT2D eigenvalue weighted by molar-refractivity contribution is -0.120. The molecule has 1 fully saturated rings. The van der Waals surface area contributed by atoms with Gasteiger partial charge in [0.05, 0.1) is 10.5 Å². The minimum absolute atomic E-state index is 0.0593. The molecular weight excluding hydrogens is 336 g/mol. The number of rotatable bonds is 7. The topological polar surface area (TPSA) is 106 Å². The van der Waals surface area contributed by atoms with Crippen LogP contribution >= 0.6 is 11.8 Å². The highest BCUT2D eigenvalue weighted by Crippen LogP contribution is 2.31. The fourth-order valence-corrected chi connectivity index (χ4v) is 3.30. The Balaban J connectivity index is 1.67. The van der Waals surface area contributed by atoms with Crippen LogP contribution in [-0.2, 0) is 4.79 Å². The van der Waals surface area contributed by atoms with Crippen molar-refractivity contribution in [3.63, 3.8) is 0 Å². The molecule has 1 heterocycles. The van der Waals surface area contributed by atoms with E-state index in [0.717, 1.165) is 18.5 Å². The number of benzene rings is 1. The number of carbonyl (C=O) groups is 1. The number of carbonyl (C=O) groups excluding carboxylic acids is 1. The molecule has 1 amide bonds. The van der Waals surface area contributed by atoms with Gasteiger partial charge in [-0.3, -0.25) is 4.79 Å². The number of nitrogens with one attached hydrogen (secondary N) is 2. The lowest BCUT2D eigenvalue weighted by Crippen LogP contribution is -2.32. The van der Waals surface area contributed by atoms with Crippen LogP contribution in [0.3, 0.4) is 0 Å². The average Bonchev–Trinajstić information content (AvgIpc) is 3.39. The lowest BCUT2D eigenvalue weighted by Gasteiger charge is -2.16. The highest BCUT2D eigenvalue weighted by Gasteiger charge is 2.27. The number of aromatic nitrogens is 3. The Kier molecular flexibility index (Phi) is 5.37. The maximum Gasteiger partial charge on any atom is 0.233 e. The highest BCUT2D eigenvalue weighted by atomic mass is 32.2. The minimum atomic E-state index is -0.181. The van der Waals surface area contributed by atoms with Gasteiger partial charge in [-0.2, -0.15) is 15.0 Å². The van der Waals surface area contributed by atoms with Gasteiger partial charge in [-0.05, 0) is 38.8 Å². The molecule has 2 aromatic rings. The standard InChI is InChI=1S/C17H22N6OS/c1-10(25-11(2)15(24)19-13-8-9-13)14-21-16(18)23-17(22-14)20-12-6-4-3-5-7-12/h3-7,10-11,13H,8-9H2,1-2H3,(H,19,24)(H3,18,20,21,22,23). The molecular formula is C17H22N6OS. The Morgan fingerprint density at radius 1 is 1.20 bits per heavy atom. The molecule has 7 nitrogen and oxygen atoms in total. The van der Waals surface area contributed by atoms with Crippen LogP contribution in [0.15, 0.2) is 30.3 Å². The fraction of sp³-hybridized carbons (Fsp3) is 0.412. The zero-order chi connectivity index (χ0) is 17.8. The monoisotopic (exact) mass is 358 g/mol. The third-order valence-corrected chi connectivity index (χ3v) is 5.01. The van der Waals surface area contributed by atoms with Gasteiger partial charge in [0.15, 0.2) is 0 Å². The van der Waals surface area contributed by atoms with Crippen molar-refractivity contribution >= 4 is 35.3 Å². The molecule has 25 heavy (non-hydrogen) atoms. The molecule has 8 heteroatoms. The van der Waals surface area contributed by atoms with Gasteiger partial charge in [0.2, 0.25) is 17.8 Å². The molecule has 0 bridgehead atoms. The summed E-state index contributed by atoms with van der Waals surface area (Å²) in [7, 11) is 0. The molecule has 1 aromatic heterocycles. The van der Waals surface area contributed by atoms with Crippen LogP contribution in [-0.4, -0.2) is 32.2 Å². The largest absolute Gasteiger partial charge is 0.368 e. The Labute approximate surface area is 151 Å². The summed E-state index contributed by atoms with van der Waals surface area (Å²) < 4.78 is 0. The summed E-state index contributed by atoms with van der Waals surface area (Å²) in [6, 6.07) is 9.98. The summed E-state index contributed by atoms with van der Waals surface area (Å²) >= 11 is 1.51. The van der Waals surface area contributed by atoms with Gasteiger partial charge in [0.25, 0.3) is 0 Å². The molecule has 2 atom stereocenters. The molecule has 1 aliphatic carbocycles. The van der Waals surface area contributed by atoms with Crippen molar-refractivity contribution in [2.75, 3.05) is 11.1 Å². The average molecular weight is 358 g/mol. The Hall–Kier alpha value is -2.35. The number of nitrogens with zero attached hydrogens (tertiary/aromatic N) is 3. The molecule has 3 rings (SSSR count). The number of amides is 1. The highest BCUT2D eigenvalue weighted by molar-refractivity contribution is 8.00. The third-order valence-electron chi connectivity index (χ3n) is 3.76. The summed E-state index contributed by atoms with van der Waals surface area (Å²) in [5, 5.41) is 5.87. The number of anilines is 3. The quantitative estimate of drug-likeness (QED) is 0.698. The van der Waals surface area contributed by atoms with Crippen molar-refractivity contribution in [2.45, 2.75) is 43.2 Å². The van der Waals surface area contributed by atoms with Crippen molar-refractivity contribution < 1.29 is 4.79 Å². The van der Waals surface area contributed by atoms with Crippen molar-refractivity contribution in [3.05, 3.63) is 36.2 Å². The smallest absolute Gasteiger partial charge is 0.233 e. The second kappa shape index (κ2) is 7.69. The van der Waals surface area contributed by atoms with Gasteiger partial charge in [-0.1, -0.05) is 18.2 Å². The lowest BCUT2D eigenvalue weighted by atomic mass is 10.3. The molecule has 0 radical (unpaired) electrons. The number of nitrogens with two attached hydrogens (primary N) is 1. The Morgan fingerprint density at radius 3 is 2.60 bits per heavy atom. The van der Waals surface area contributed by atoms with Gasteiger partial charge < -0.3 is 16.4 Å². The van der Waals surface area contributed by atoms with Gasteiger partial charge in [0.1, 0.15) is 5.82 Å². The predicted octanol–water partition coefficient (Wildman–Crippen LogP) is 2.66. The van der Waals surface area contributed by atoms with Gasteiger partial charge in [-0.25, -0.2) is 0 Å². The van der Waals surface area contributed by atoms with Gasteiger partial charge in [-0.15, -0.1) is 11.8 Å². The van der Waals surface area contributed by atoms with Crippen LogP contribution in [0.2, 0.25) is 0 Å². The second-order valence-electron chi connectivity index (χ2n) is 6.07. The van der Waals surface area contributed by atoms with Crippen molar-refractivity contribution in [1.82, 2.24) is 20.3 Å². The first kappa shape index (κ1) is 17.5. The summed E-state index contributed by atoms with van der Waals surface area (Å²) in [4.78, 5) is 24.9. The number of nitrogen functional groups attached to an aromatic ring is 1. The summed E-state index contributed by atoms with van der Waals surface area (Å²) in [6.07, 6.45) is 2.16. The van der Waals surface area contributed by atoms with E-state index in [0.29, 0.717) is 17.8 Å². The van der Waals surface area contributed by atoms with E-state index in [2.05, 4.69) is 25.6 Å². The minimum Gasteiger partial charge on any atom is -0.368 e. The normalized spacial score (nSPS) is 16.1. The fourth-order valence-electron chi connectivity index (χ4n) is 2.27. The second-order valence-corrected chi connectivity index (χ2v) is 7.76. The van der Waals surface area contributed by atoms with E-state index < -0.39 is 0 Å². The van der Waals surface area contributed by atoms with Crippen LogP contribution in [0.1, 0.15) is 37.8 Å². The zero-order valence-electron chi connectivity index (χ0n) is 14.3. The number of hydrogen-bond acceptors (Lipinski definition) is 7. The van der Waals surface area contributed by atoms with Crippen LogP contribution in [0, 0.1) is 0 Å². The van der Waals surface area contributed by atoms with E-state index in [1.165, 1.54) is 11.8 Å². The third kappa shape index (κ3) is 5.06. The van der Waals surface area contributed by atoms with Crippen LogP contribution in [0.4, 0.5) is 17.6 Å². The Bertz CT molecular complexity index is 737. The first-order valence-corrected chi connectivity index (χ1v) is 9.25. The predicted molar refractivity (Wildman–Crippen MR) is 101 cm³/mol. The molecule has 4 N–H and O–H groups in total. The molecule has 0 spiro atoms. The van der Waals surface area contributed by atoms with Crippen LogP contribution in [0.25, 0.3) is 0 Å². The SMILES string of the molecule is CC(SC(C)c1nc(N)nc(Nc2ccccc2)n1)C(=O)NC1CC1. The molecule has 2 unspecified atom stereocenters. The summed E-state index contributed by atoms with van der Waals surface area (Å²) in [5.41, 5.74) is 6.70. The first-order chi connectivity index (χ1) is 12.0. The number of thioether (sulfide) groups is 1. The van der Waals surface area contributed by atoms with E-state index in [4.69, 9.17) is 5.73 Å². The zero-order valence-corrected chi connectivity index (χ0v) is 15.1. The molecule has 0 aliphatic heterocycles. The van der Waals surface area contributed by atoms with E-state index in [1.807, 2.05) is 44.2 Å². The van der Waals surface area contributed by atoms with Gasteiger partial charge in [0, 0.05) is 11.7 Å². The van der Waals surface area contributed by atoms with Crippen molar-refractivity contribution in [1.29, 1.82) is 0 Å². The first-order valence-electron chi connectivity index (χ1n) is 8.30. The summed E-state index contributed by atoms with van der Waals surface area (Å²) in [5.74, 6) is 1.17.